The molecule has 0 saturated carbocycles. The molecule has 0 atom stereocenters. The zero-order chi connectivity index (χ0) is 11.8. The molecule has 0 saturated heterocycles. The smallest absolute Gasteiger partial charge is 0.254 e. The molecule has 1 aliphatic rings. The van der Waals surface area contributed by atoms with Crippen LogP contribution in [0.5, 0.6) is 0 Å². The predicted molar refractivity (Wildman–Crippen MR) is 58.4 cm³/mol. The van der Waals surface area contributed by atoms with E-state index in [2.05, 4.69) is 9.97 Å². The van der Waals surface area contributed by atoms with Gasteiger partial charge in [-0.15, -0.1) is 0 Å². The topological polar surface area (TPSA) is 83.1 Å². The number of sulfonamides is 1. The fourth-order valence-corrected chi connectivity index (χ4v) is 2.82. The average Bonchev–Trinajstić information content (AvgIpc) is 2.29. The molecular formula is C9H13N3O3S. The number of hydrogen-bond donors (Lipinski definition) is 1. The first-order valence-corrected chi connectivity index (χ1v) is 6.69. The summed E-state index contributed by atoms with van der Waals surface area (Å²) in [6, 6.07) is 0. The van der Waals surface area contributed by atoms with Gasteiger partial charge in [0.05, 0.1) is 24.3 Å². The molecule has 7 heteroatoms. The molecule has 88 valence electrons. The Balaban J connectivity index is 2.36. The molecule has 1 N–H and O–H groups in total. The summed E-state index contributed by atoms with van der Waals surface area (Å²) < 4.78 is 24.7. The number of fused-ring (bicyclic) bond motifs is 1. The first-order chi connectivity index (χ1) is 7.54. The van der Waals surface area contributed by atoms with Gasteiger partial charge in [-0.2, -0.15) is 4.31 Å². The van der Waals surface area contributed by atoms with Crippen molar-refractivity contribution in [1.82, 2.24) is 14.3 Å². The monoisotopic (exact) mass is 243 g/mol. The zero-order valence-electron chi connectivity index (χ0n) is 8.93. The van der Waals surface area contributed by atoms with Gasteiger partial charge in [-0.3, -0.25) is 4.79 Å². The van der Waals surface area contributed by atoms with Gasteiger partial charge in [0.15, 0.2) is 0 Å². The lowest BCUT2D eigenvalue weighted by molar-refractivity contribution is 0.384. The molecule has 16 heavy (non-hydrogen) atoms. The fraction of sp³-hybridized carbons (Fsp3) is 0.556. The van der Waals surface area contributed by atoms with Crippen molar-refractivity contribution in [2.45, 2.75) is 19.9 Å². The highest BCUT2D eigenvalue weighted by Gasteiger charge is 2.27. The van der Waals surface area contributed by atoms with E-state index in [0.717, 1.165) is 0 Å². The van der Waals surface area contributed by atoms with Gasteiger partial charge < -0.3 is 4.98 Å². The molecule has 0 spiro atoms. The van der Waals surface area contributed by atoms with Crippen LogP contribution in [0, 0.1) is 0 Å². The van der Waals surface area contributed by atoms with Crippen LogP contribution in [0.4, 0.5) is 0 Å². The molecule has 0 aliphatic carbocycles. The molecule has 1 aromatic rings. The van der Waals surface area contributed by atoms with Gasteiger partial charge in [0.1, 0.15) is 0 Å². The number of H-pyrrole nitrogens is 1. The van der Waals surface area contributed by atoms with Crippen molar-refractivity contribution >= 4 is 10.0 Å². The third-order valence-corrected chi connectivity index (χ3v) is 4.56. The molecule has 0 unspecified atom stereocenters. The van der Waals surface area contributed by atoms with Gasteiger partial charge in [0.25, 0.3) is 5.56 Å². The average molecular weight is 243 g/mol. The van der Waals surface area contributed by atoms with E-state index in [9.17, 15) is 13.2 Å². The standard InChI is InChI=1S/C9H13N3O3S/c1-2-16(14,15)12-4-3-7-8(5-12)10-6-11-9(7)13/h6H,2-5H2,1H3,(H,10,11,13). The van der Waals surface area contributed by atoms with E-state index in [1.165, 1.54) is 10.6 Å². The Bertz CT molecular complexity index is 549. The molecule has 2 heterocycles. The van der Waals surface area contributed by atoms with Crippen LogP contribution in [-0.4, -0.2) is 35.0 Å². The largest absolute Gasteiger partial charge is 0.313 e. The lowest BCUT2D eigenvalue weighted by Gasteiger charge is -2.25. The number of aromatic amines is 1. The molecule has 1 aliphatic heterocycles. The molecule has 0 amide bonds. The van der Waals surface area contributed by atoms with Crippen LogP contribution in [0.15, 0.2) is 11.1 Å². The van der Waals surface area contributed by atoms with E-state index in [0.29, 0.717) is 24.2 Å². The number of aromatic nitrogens is 2. The third kappa shape index (κ3) is 1.88. The summed E-state index contributed by atoms with van der Waals surface area (Å²) in [5.74, 6) is 0.0749. The minimum absolute atomic E-state index is 0.0749. The quantitative estimate of drug-likeness (QED) is 0.757. The van der Waals surface area contributed by atoms with Gasteiger partial charge in [-0.1, -0.05) is 0 Å². The molecule has 2 rings (SSSR count). The number of hydrogen-bond acceptors (Lipinski definition) is 4. The van der Waals surface area contributed by atoms with Crippen molar-refractivity contribution in [2.24, 2.45) is 0 Å². The van der Waals surface area contributed by atoms with Crippen LogP contribution < -0.4 is 5.56 Å². The highest BCUT2D eigenvalue weighted by atomic mass is 32.2. The second kappa shape index (κ2) is 3.99. The highest BCUT2D eigenvalue weighted by molar-refractivity contribution is 7.89. The van der Waals surface area contributed by atoms with Crippen molar-refractivity contribution in [3.63, 3.8) is 0 Å². The van der Waals surface area contributed by atoms with E-state index in [-0.39, 0.29) is 17.9 Å². The summed E-state index contributed by atoms with van der Waals surface area (Å²) in [5, 5.41) is 0. The normalized spacial score (nSPS) is 17.1. The Morgan fingerprint density at radius 3 is 3.00 bits per heavy atom. The van der Waals surface area contributed by atoms with E-state index < -0.39 is 10.0 Å². The van der Waals surface area contributed by atoms with Gasteiger partial charge in [0.2, 0.25) is 10.0 Å². The van der Waals surface area contributed by atoms with Crippen molar-refractivity contribution in [1.29, 1.82) is 0 Å². The molecule has 0 radical (unpaired) electrons. The molecular weight excluding hydrogens is 230 g/mol. The minimum Gasteiger partial charge on any atom is -0.313 e. The second-order valence-corrected chi connectivity index (χ2v) is 5.90. The predicted octanol–water partition coefficient (Wildman–Crippen LogP) is -0.522. The van der Waals surface area contributed by atoms with Gasteiger partial charge in [0, 0.05) is 12.1 Å². The van der Waals surface area contributed by atoms with E-state index >= 15 is 0 Å². The number of nitrogens with one attached hydrogen (secondary N) is 1. The fourth-order valence-electron chi connectivity index (χ4n) is 1.76. The SMILES string of the molecule is CCS(=O)(=O)N1CCc2c(nc[nH]c2=O)C1. The van der Waals surface area contributed by atoms with Crippen molar-refractivity contribution in [3.8, 4) is 0 Å². The first-order valence-electron chi connectivity index (χ1n) is 5.08. The summed E-state index contributed by atoms with van der Waals surface area (Å²) in [6.45, 7) is 2.17. The van der Waals surface area contributed by atoms with Crippen LogP contribution in [0.25, 0.3) is 0 Å². The third-order valence-electron chi connectivity index (χ3n) is 2.73. The number of nitrogens with zero attached hydrogens (tertiary/aromatic N) is 2. The zero-order valence-corrected chi connectivity index (χ0v) is 9.75. The van der Waals surface area contributed by atoms with Crippen LogP contribution in [0.2, 0.25) is 0 Å². The van der Waals surface area contributed by atoms with Crippen molar-refractivity contribution < 1.29 is 8.42 Å². The molecule has 1 aromatic heterocycles. The lowest BCUT2D eigenvalue weighted by Crippen LogP contribution is -2.39. The van der Waals surface area contributed by atoms with Gasteiger partial charge in [-0.25, -0.2) is 13.4 Å². The van der Waals surface area contributed by atoms with Crippen LogP contribution in [0.1, 0.15) is 18.2 Å². The molecule has 0 fully saturated rings. The lowest BCUT2D eigenvalue weighted by atomic mass is 10.1. The second-order valence-electron chi connectivity index (χ2n) is 3.64. The van der Waals surface area contributed by atoms with Crippen molar-refractivity contribution in [3.05, 3.63) is 27.9 Å². The van der Waals surface area contributed by atoms with Crippen molar-refractivity contribution in [2.75, 3.05) is 12.3 Å². The Morgan fingerprint density at radius 2 is 2.31 bits per heavy atom. The molecule has 0 aromatic carbocycles. The summed E-state index contributed by atoms with van der Waals surface area (Å²) in [4.78, 5) is 17.9. The van der Waals surface area contributed by atoms with E-state index in [1.54, 1.807) is 6.92 Å². The maximum Gasteiger partial charge on any atom is 0.254 e. The molecule has 6 nitrogen and oxygen atoms in total. The maximum absolute atomic E-state index is 11.7. The molecule has 0 bridgehead atoms. The Kier molecular flexibility index (Phi) is 2.81. The first kappa shape index (κ1) is 11.3. The van der Waals surface area contributed by atoms with Crippen LogP contribution in [-0.2, 0) is 23.0 Å². The Morgan fingerprint density at radius 1 is 1.56 bits per heavy atom. The highest BCUT2D eigenvalue weighted by Crippen LogP contribution is 2.16. The summed E-state index contributed by atoms with van der Waals surface area (Å²) in [6.07, 6.45) is 1.74. The van der Waals surface area contributed by atoms with Gasteiger partial charge >= 0.3 is 0 Å². The minimum atomic E-state index is -3.20. The maximum atomic E-state index is 11.7. The Hall–Kier alpha value is -1.21. The summed E-state index contributed by atoms with van der Waals surface area (Å²) in [7, 11) is -3.20. The van der Waals surface area contributed by atoms with Gasteiger partial charge in [-0.05, 0) is 13.3 Å². The number of rotatable bonds is 2. The summed E-state index contributed by atoms with van der Waals surface area (Å²) in [5.41, 5.74) is 0.996. The summed E-state index contributed by atoms with van der Waals surface area (Å²) >= 11 is 0. The van der Waals surface area contributed by atoms with E-state index in [1.807, 2.05) is 0 Å². The van der Waals surface area contributed by atoms with Crippen LogP contribution in [0.3, 0.4) is 0 Å². The van der Waals surface area contributed by atoms with Crippen LogP contribution >= 0.6 is 0 Å². The Labute approximate surface area is 93.4 Å². The van der Waals surface area contributed by atoms with E-state index in [4.69, 9.17) is 0 Å².